The van der Waals surface area contributed by atoms with Gasteiger partial charge in [-0.3, -0.25) is 4.99 Å². The van der Waals surface area contributed by atoms with E-state index in [0.29, 0.717) is 5.82 Å². The Morgan fingerprint density at radius 1 is 0.926 bits per heavy atom. The average Bonchev–Trinajstić information content (AvgIpc) is 3.08. The van der Waals surface area contributed by atoms with Gasteiger partial charge in [-0.2, -0.15) is 0 Å². The van der Waals surface area contributed by atoms with Crippen molar-refractivity contribution in [3.63, 3.8) is 0 Å². The maximum absolute atomic E-state index is 4.76. The molecule has 27 heavy (non-hydrogen) atoms. The quantitative estimate of drug-likeness (QED) is 0.307. The van der Waals surface area contributed by atoms with Gasteiger partial charge in [0, 0.05) is 28.4 Å². The van der Waals surface area contributed by atoms with E-state index in [1.54, 1.807) is 17.5 Å². The fraction of sp³-hybridized carbons (Fsp3) is 0.150. The predicted octanol–water partition coefficient (Wildman–Crippen LogP) is 6.95. The molecule has 0 bridgehead atoms. The molecule has 142 valence electrons. The topological polar surface area (TPSA) is 37.6 Å². The zero-order valence-corrected chi connectivity index (χ0v) is 18.6. The molecule has 0 unspecified atom stereocenters. The van der Waals surface area contributed by atoms with Crippen molar-refractivity contribution < 1.29 is 13.1 Å². The van der Waals surface area contributed by atoms with Crippen LogP contribution in [0.3, 0.4) is 0 Å². The minimum absolute atomic E-state index is 0.194. The van der Waals surface area contributed by atoms with E-state index in [9.17, 15) is 0 Å². The van der Waals surface area contributed by atoms with Crippen molar-refractivity contribution in [1.29, 1.82) is 0 Å². The number of hydrogen-bond acceptors (Lipinski definition) is 4. The Kier molecular flexibility index (Phi) is 9.19. The van der Waals surface area contributed by atoms with Crippen LogP contribution in [0.5, 0.6) is 0 Å². The number of rotatable bonds is 4. The van der Waals surface area contributed by atoms with Crippen LogP contribution in [0.2, 0.25) is 0 Å². The van der Waals surface area contributed by atoms with Crippen molar-refractivity contribution >= 4 is 55.5 Å². The number of thiophene rings is 1. The van der Waals surface area contributed by atoms with Gasteiger partial charge in [-0.15, -0.1) is 11.3 Å². The van der Waals surface area contributed by atoms with Gasteiger partial charge in [0.1, 0.15) is 0 Å². The van der Waals surface area contributed by atoms with Crippen LogP contribution in [-0.4, -0.2) is 17.4 Å². The van der Waals surface area contributed by atoms with E-state index in [2.05, 4.69) is 53.9 Å². The van der Waals surface area contributed by atoms with Crippen molar-refractivity contribution in [3.8, 4) is 0 Å². The molecule has 0 saturated carbocycles. The number of aliphatic imine (C=N–C) groups is 2. The van der Waals surface area contributed by atoms with E-state index >= 15 is 0 Å². The summed E-state index contributed by atoms with van der Waals surface area (Å²) in [6, 6.07) is 14.1. The Hall–Kier alpha value is -1.49. The SMILES string of the molecule is Cc1cc(C)c(N=Cc2ccc(/C=N/c3ccccn3)s2)c(C)c1.[Cl][Fe][Cl]. The summed E-state index contributed by atoms with van der Waals surface area (Å²) in [5.74, 6) is 0.715. The molecule has 0 amide bonds. The average molecular weight is 460 g/mol. The fourth-order valence-corrected chi connectivity index (χ4v) is 3.33. The van der Waals surface area contributed by atoms with E-state index in [-0.39, 0.29) is 13.1 Å². The first-order valence-corrected chi connectivity index (χ1v) is 11.9. The van der Waals surface area contributed by atoms with E-state index in [1.165, 1.54) is 16.7 Å². The van der Waals surface area contributed by atoms with Gasteiger partial charge >= 0.3 is 33.3 Å². The second-order valence-electron chi connectivity index (χ2n) is 5.74. The second kappa shape index (κ2) is 11.4. The van der Waals surface area contributed by atoms with Gasteiger partial charge in [0.2, 0.25) is 0 Å². The Morgan fingerprint density at radius 2 is 1.52 bits per heavy atom. The molecule has 0 atom stereocenters. The van der Waals surface area contributed by atoms with Crippen LogP contribution in [0.15, 0.2) is 58.6 Å². The molecule has 3 nitrogen and oxygen atoms in total. The van der Waals surface area contributed by atoms with Gasteiger partial charge in [0.25, 0.3) is 0 Å². The van der Waals surface area contributed by atoms with Crippen LogP contribution in [0.4, 0.5) is 11.5 Å². The van der Waals surface area contributed by atoms with Crippen LogP contribution in [0.25, 0.3) is 0 Å². The standard InChI is InChI=1S/C20H19N3S.2ClH.Fe/c1-14-10-15(2)20(16(3)11-14)23-13-18-8-7-17(24-18)12-22-19-6-4-5-9-21-19;;;/h4-13H,1-3H3;2*1H;/q;;;+2/p-2/b22-12+,23-13?;;;. The van der Waals surface area contributed by atoms with Gasteiger partial charge < -0.3 is 0 Å². The van der Waals surface area contributed by atoms with Crippen molar-refractivity contribution in [1.82, 2.24) is 4.98 Å². The van der Waals surface area contributed by atoms with Crippen LogP contribution < -0.4 is 0 Å². The monoisotopic (exact) mass is 459 g/mol. The van der Waals surface area contributed by atoms with Crippen LogP contribution in [0.1, 0.15) is 26.4 Å². The Bertz CT molecular complexity index is 901. The third-order valence-corrected chi connectivity index (χ3v) is 4.53. The Morgan fingerprint density at radius 3 is 2.07 bits per heavy atom. The van der Waals surface area contributed by atoms with E-state index in [1.807, 2.05) is 36.7 Å². The third kappa shape index (κ3) is 7.21. The second-order valence-corrected chi connectivity index (χ2v) is 8.71. The number of nitrogens with zero attached hydrogens (tertiary/aromatic N) is 3. The molecular weight excluding hydrogens is 441 g/mol. The summed E-state index contributed by atoms with van der Waals surface area (Å²) in [4.78, 5) is 15.4. The molecule has 1 aromatic carbocycles. The van der Waals surface area contributed by atoms with Crippen LogP contribution >= 0.6 is 31.5 Å². The summed E-state index contributed by atoms with van der Waals surface area (Å²) >= 11 is 1.85. The summed E-state index contributed by atoms with van der Waals surface area (Å²) in [7, 11) is 9.53. The van der Waals surface area contributed by atoms with Crippen molar-refractivity contribution in [2.45, 2.75) is 20.8 Å². The number of pyridine rings is 1. The molecule has 0 N–H and O–H groups in total. The maximum atomic E-state index is 4.76. The predicted molar refractivity (Wildman–Crippen MR) is 115 cm³/mol. The molecule has 3 aromatic rings. The molecule has 3 rings (SSSR count). The van der Waals surface area contributed by atoms with Crippen LogP contribution in [-0.2, 0) is 13.1 Å². The zero-order chi connectivity index (χ0) is 19.6. The first-order chi connectivity index (χ1) is 13.0. The molecule has 0 aliphatic heterocycles. The normalized spacial score (nSPS) is 11.1. The van der Waals surface area contributed by atoms with Gasteiger partial charge in [0.15, 0.2) is 5.82 Å². The van der Waals surface area contributed by atoms with E-state index < -0.39 is 0 Å². The first kappa shape index (κ1) is 21.8. The summed E-state index contributed by atoms with van der Waals surface area (Å²) < 4.78 is 0. The third-order valence-electron chi connectivity index (χ3n) is 3.58. The molecule has 0 spiro atoms. The molecule has 7 heteroatoms. The molecular formula is C20H19Cl2FeN3S. The van der Waals surface area contributed by atoms with Gasteiger partial charge in [0.05, 0.1) is 5.69 Å². The minimum atomic E-state index is 0.194. The van der Waals surface area contributed by atoms with Crippen molar-refractivity contribution in [2.75, 3.05) is 0 Å². The van der Waals surface area contributed by atoms with Gasteiger partial charge in [-0.1, -0.05) is 23.8 Å². The zero-order valence-electron chi connectivity index (χ0n) is 15.1. The van der Waals surface area contributed by atoms with E-state index in [4.69, 9.17) is 20.2 Å². The number of benzene rings is 1. The fourth-order valence-electron chi connectivity index (χ4n) is 2.57. The van der Waals surface area contributed by atoms with Gasteiger partial charge in [-0.25, -0.2) is 9.98 Å². The van der Waals surface area contributed by atoms with Crippen molar-refractivity contribution in [3.05, 3.63) is 75.1 Å². The molecule has 0 fully saturated rings. The van der Waals surface area contributed by atoms with Crippen LogP contribution in [0, 0.1) is 20.8 Å². The summed E-state index contributed by atoms with van der Waals surface area (Å²) in [6.45, 7) is 6.32. The number of halogens is 2. The molecule has 2 aromatic heterocycles. The van der Waals surface area contributed by atoms with Crippen molar-refractivity contribution in [2.24, 2.45) is 9.98 Å². The molecule has 0 saturated heterocycles. The molecule has 0 aliphatic rings. The first-order valence-electron chi connectivity index (χ1n) is 8.05. The molecule has 0 aliphatic carbocycles. The number of aromatic nitrogens is 1. The molecule has 0 radical (unpaired) electrons. The summed E-state index contributed by atoms with van der Waals surface area (Å²) in [6.07, 6.45) is 5.51. The number of hydrogen-bond donors (Lipinski definition) is 0. The van der Waals surface area contributed by atoms with Gasteiger partial charge in [-0.05, 0) is 56.2 Å². The number of aryl methyl sites for hydroxylation is 3. The summed E-state index contributed by atoms with van der Waals surface area (Å²) in [5, 5.41) is 0. The Balaban J connectivity index is 0.000000817. The molecule has 2 heterocycles. The summed E-state index contributed by atoms with van der Waals surface area (Å²) in [5.41, 5.74) is 4.74. The Labute approximate surface area is 178 Å². The van der Waals surface area contributed by atoms with E-state index in [0.717, 1.165) is 15.4 Å².